The molecule has 12 rings (SSSR count). The van der Waals surface area contributed by atoms with Gasteiger partial charge in [-0.3, -0.25) is 4.79 Å². The highest BCUT2D eigenvalue weighted by Gasteiger charge is 2.61. The van der Waals surface area contributed by atoms with Crippen LogP contribution in [0.1, 0.15) is 172 Å². The second-order valence-corrected chi connectivity index (χ2v) is 23.0. The van der Waals surface area contributed by atoms with Crippen LogP contribution in [0.25, 0.3) is 11.0 Å². The van der Waals surface area contributed by atoms with Crippen LogP contribution in [0.2, 0.25) is 0 Å². The maximum absolute atomic E-state index is 15.6. The summed E-state index contributed by atoms with van der Waals surface area (Å²) in [5, 5.41) is 32.3. The topological polar surface area (TPSA) is 162 Å². The van der Waals surface area contributed by atoms with E-state index in [4.69, 9.17) is 23.4 Å². The molecule has 3 saturated carbocycles. The predicted octanol–water partition coefficient (Wildman–Crippen LogP) is 11.7. The fraction of sp³-hybridized carbons (Fsp3) is 0.492. The zero-order chi connectivity index (χ0) is 52.6. The Morgan fingerprint density at radius 2 is 1.61 bits per heavy atom. The Hall–Kier alpha value is -5.85. The number of allylic oxidation sites excluding steroid dienone is 1. The maximum Gasteiger partial charge on any atom is 0.340 e. The average Bonchev–Trinajstić information content (AvgIpc) is 4.09. The first kappa shape index (κ1) is 52.2. The van der Waals surface area contributed by atoms with E-state index in [1.165, 1.54) is 36.6 Å². The number of carbonyl (C=O) groups is 2. The summed E-state index contributed by atoms with van der Waals surface area (Å²) in [7, 11) is 1.52. The highest BCUT2D eigenvalue weighted by Crippen LogP contribution is 2.57. The molecule has 7 aliphatic rings. The summed E-state index contributed by atoms with van der Waals surface area (Å²) in [6.07, 6.45) is 14.2. The van der Waals surface area contributed by atoms with Crippen molar-refractivity contribution in [3.05, 3.63) is 169 Å². The number of aliphatic hydroxyl groups excluding tert-OH is 3. The summed E-state index contributed by atoms with van der Waals surface area (Å²) in [5.74, 6) is -1.21. The largest absolute Gasteiger partial charge is 0.482 e. The van der Waals surface area contributed by atoms with E-state index < -0.39 is 47.9 Å². The van der Waals surface area contributed by atoms with Crippen molar-refractivity contribution in [1.29, 1.82) is 0 Å². The average molecular weight is 1030 g/mol. The molecule has 3 aliphatic heterocycles. The first-order valence-corrected chi connectivity index (χ1v) is 28.2. The van der Waals surface area contributed by atoms with Gasteiger partial charge in [-0.1, -0.05) is 117 Å². The molecule has 9 atom stereocenters. The van der Waals surface area contributed by atoms with Crippen molar-refractivity contribution in [1.82, 2.24) is 0 Å². The number of fused-ring (bicyclic) bond motifs is 13. The molecule has 0 unspecified atom stereocenters. The Bertz CT molecular complexity index is 3030. The third-order valence-corrected chi connectivity index (χ3v) is 18.9. The van der Waals surface area contributed by atoms with E-state index in [2.05, 4.69) is 91.0 Å². The monoisotopic (exact) mass is 1030 g/mol. The molecule has 3 fully saturated rings. The predicted molar refractivity (Wildman–Crippen MR) is 290 cm³/mol. The lowest BCUT2D eigenvalue weighted by Gasteiger charge is -2.54. The number of aryl methyl sites for hydroxylation is 1. The number of carbonyl (C=O) groups excluding carboxylic acids is 2. The van der Waals surface area contributed by atoms with Crippen molar-refractivity contribution in [2.75, 3.05) is 26.9 Å². The van der Waals surface area contributed by atoms with Gasteiger partial charge in [0, 0.05) is 60.3 Å². The molecule has 4 aromatic carbocycles. The van der Waals surface area contributed by atoms with Gasteiger partial charge in [-0.25, -0.2) is 9.59 Å². The van der Waals surface area contributed by atoms with E-state index in [9.17, 15) is 20.1 Å². The Morgan fingerprint density at radius 3 is 2.37 bits per heavy atom. The van der Waals surface area contributed by atoms with Crippen molar-refractivity contribution < 1.29 is 48.3 Å². The molecule has 0 radical (unpaired) electrons. The summed E-state index contributed by atoms with van der Waals surface area (Å²) in [6.45, 7) is 0.740. The summed E-state index contributed by atoms with van der Waals surface area (Å²) < 4.78 is 33.2. The minimum atomic E-state index is -1.30. The standard InChI is InChI=1S/C65H74O11/c1-40(37-67)50-25-21-41-19-22-42(23-20-41)51-26-24-45(44-13-10-17-49(35-44)64(30-8-9-31-64)48-15-4-3-5-16-48)34-47(51)36-56(69)73-60-58-55(76-65(61(60)75-62(50)70)32-11-14-43-12-6-7-18-54(43)65)28-27-52-53(38-68)57(63(71)74-59(52)58)46(29-33-66)39-72-2/h3-5,10-11,13-17,19-20,22-23,27-28,35,43,45-47,51,54,60-61,66-68H,6-9,12,18,21,24-26,29-34,36-39H2,1-2H3/b50-40-/t43-,45-,46+,47-,51-,54+,60+,61-,65-/m0/s1. The van der Waals surface area contributed by atoms with E-state index in [1.54, 1.807) is 19.1 Å². The highest BCUT2D eigenvalue weighted by atomic mass is 16.6. The lowest BCUT2D eigenvalue weighted by molar-refractivity contribution is -0.208. The third-order valence-electron chi connectivity index (χ3n) is 18.9. The summed E-state index contributed by atoms with van der Waals surface area (Å²) in [6, 6.07) is 32.4. The van der Waals surface area contributed by atoms with Crippen molar-refractivity contribution in [3.8, 4) is 5.75 Å². The van der Waals surface area contributed by atoms with Crippen molar-refractivity contribution in [2.45, 2.75) is 157 Å². The number of aliphatic hydroxyl groups is 3. The van der Waals surface area contributed by atoms with Crippen molar-refractivity contribution in [2.24, 2.45) is 17.8 Å². The molecule has 5 aromatic rings. The van der Waals surface area contributed by atoms with Crippen LogP contribution >= 0.6 is 0 Å². The number of hydrogen-bond donors (Lipinski definition) is 3. The van der Waals surface area contributed by atoms with Gasteiger partial charge in [0.25, 0.3) is 0 Å². The van der Waals surface area contributed by atoms with Gasteiger partial charge in [0.2, 0.25) is 0 Å². The Labute approximate surface area is 446 Å². The number of benzene rings is 4. The lowest BCUT2D eigenvalue weighted by atomic mass is 9.62. The normalized spacial score (nSPS) is 28.4. The minimum absolute atomic E-state index is 0.0354. The molecule has 0 amide bonds. The van der Waals surface area contributed by atoms with Gasteiger partial charge in [0.15, 0.2) is 17.8 Å². The number of methoxy groups -OCH3 is 1. The fourth-order valence-electron chi connectivity index (χ4n) is 15.1. The fourth-order valence-corrected chi connectivity index (χ4v) is 15.1. The van der Waals surface area contributed by atoms with Gasteiger partial charge >= 0.3 is 17.6 Å². The molecule has 1 aromatic heterocycles. The van der Waals surface area contributed by atoms with Crippen LogP contribution in [0.4, 0.5) is 0 Å². The Balaban J connectivity index is 1.05. The van der Waals surface area contributed by atoms with Crippen LogP contribution in [0.15, 0.2) is 124 Å². The number of esters is 2. The SMILES string of the molecule is COC[C@@H](CCO)c1c(CO)c2ccc3c(c2oc1=O)[C@H]1OC(=O)C[C@@H]2C[C@@H](c4cccc(C5(c6ccccc6)CCCC5)c4)CC[C@H]2c2ccc(cc2)CC/C(=C(\C)CO)C(=O)O[C@@H]1[C@@]1(CC=C[C@@H]2CCCC[C@H]21)O3. The first-order valence-electron chi connectivity index (χ1n) is 28.2. The molecule has 76 heavy (non-hydrogen) atoms. The van der Waals surface area contributed by atoms with E-state index >= 15 is 9.59 Å². The second kappa shape index (κ2) is 22.2. The van der Waals surface area contributed by atoms with Crippen LogP contribution in [0.5, 0.6) is 5.75 Å². The van der Waals surface area contributed by atoms with Crippen LogP contribution in [0.3, 0.4) is 0 Å². The van der Waals surface area contributed by atoms with Crippen molar-refractivity contribution >= 4 is 22.9 Å². The zero-order valence-electron chi connectivity index (χ0n) is 44.2. The highest BCUT2D eigenvalue weighted by molar-refractivity contribution is 5.90. The summed E-state index contributed by atoms with van der Waals surface area (Å²) in [5.41, 5.74) is 5.94. The van der Waals surface area contributed by atoms with Gasteiger partial charge in [0.1, 0.15) is 11.3 Å². The van der Waals surface area contributed by atoms with Crippen molar-refractivity contribution in [3.63, 3.8) is 0 Å². The molecule has 2 bridgehead atoms. The molecule has 11 heteroatoms. The van der Waals surface area contributed by atoms with Gasteiger partial charge in [-0.15, -0.1) is 0 Å². The van der Waals surface area contributed by atoms with Gasteiger partial charge in [-0.2, -0.15) is 0 Å². The van der Waals surface area contributed by atoms with Crippen LogP contribution in [-0.2, 0) is 42.2 Å². The third kappa shape index (κ3) is 9.57. The molecule has 11 nitrogen and oxygen atoms in total. The molecule has 1 spiro atoms. The molecule has 400 valence electrons. The summed E-state index contributed by atoms with van der Waals surface area (Å²) >= 11 is 0. The zero-order valence-corrected chi connectivity index (χ0v) is 44.2. The molecule has 0 saturated heterocycles. The van der Waals surface area contributed by atoms with Gasteiger partial charge in [0.05, 0.1) is 25.4 Å². The van der Waals surface area contributed by atoms with Gasteiger partial charge < -0.3 is 38.7 Å². The number of rotatable bonds is 10. The van der Waals surface area contributed by atoms with E-state index in [-0.39, 0.29) is 84.4 Å². The minimum Gasteiger partial charge on any atom is -0.482 e. The lowest BCUT2D eigenvalue weighted by Crippen LogP contribution is -2.62. The smallest absolute Gasteiger partial charge is 0.340 e. The second-order valence-electron chi connectivity index (χ2n) is 23.0. The Morgan fingerprint density at radius 1 is 0.816 bits per heavy atom. The maximum atomic E-state index is 15.6. The molecule has 3 N–H and O–H groups in total. The number of ether oxygens (including phenoxy) is 4. The Kier molecular flexibility index (Phi) is 15.3. The van der Waals surface area contributed by atoms with Crippen LogP contribution in [0, 0.1) is 17.8 Å². The van der Waals surface area contributed by atoms with Gasteiger partial charge in [-0.05, 0) is 146 Å². The molecular formula is C65H74O11. The molecule has 4 aliphatic carbocycles. The van der Waals surface area contributed by atoms with Crippen LogP contribution in [-0.4, -0.2) is 65.9 Å². The van der Waals surface area contributed by atoms with E-state index in [0.29, 0.717) is 47.1 Å². The molecule has 4 heterocycles. The molecular weight excluding hydrogens is 957 g/mol. The van der Waals surface area contributed by atoms with E-state index in [0.717, 1.165) is 68.9 Å². The van der Waals surface area contributed by atoms with Crippen LogP contribution < -0.4 is 10.4 Å². The number of hydrogen-bond acceptors (Lipinski definition) is 11. The summed E-state index contributed by atoms with van der Waals surface area (Å²) in [4.78, 5) is 45.2. The van der Waals surface area contributed by atoms with E-state index in [1.807, 2.05) is 0 Å². The first-order chi connectivity index (χ1) is 37.1. The quantitative estimate of drug-likeness (QED) is 0.0528.